The van der Waals surface area contributed by atoms with Crippen LogP contribution >= 0.6 is 0 Å². The number of aryl methyl sites for hydroxylation is 2. The highest BCUT2D eigenvalue weighted by molar-refractivity contribution is 6.22. The van der Waals surface area contributed by atoms with E-state index in [4.69, 9.17) is 4.74 Å². The molecular weight excluding hydrogens is 388 g/mol. The van der Waals surface area contributed by atoms with E-state index in [1.807, 2.05) is 13.8 Å². The number of hydrogen-bond acceptors (Lipinski definition) is 4. The zero-order chi connectivity index (χ0) is 22.3. The molecule has 1 aromatic carbocycles. The molecule has 1 aromatic rings. The predicted molar refractivity (Wildman–Crippen MR) is 119 cm³/mol. The third-order valence-corrected chi connectivity index (χ3v) is 6.27. The predicted octanol–water partition coefficient (Wildman–Crippen LogP) is 4.77. The average molecular weight is 415 g/mol. The molecule has 158 valence electrons. The van der Waals surface area contributed by atoms with Crippen LogP contribution in [0.25, 0.3) is 0 Å². The highest BCUT2D eigenvalue weighted by Gasteiger charge is 2.35. The van der Waals surface area contributed by atoms with Crippen LogP contribution in [0, 0.1) is 25.7 Å². The van der Waals surface area contributed by atoms with Crippen LogP contribution in [0.3, 0.4) is 0 Å². The first-order chi connectivity index (χ1) is 14.8. The van der Waals surface area contributed by atoms with Crippen LogP contribution in [0.15, 0.2) is 70.9 Å². The summed E-state index contributed by atoms with van der Waals surface area (Å²) in [6, 6.07) is 4.29. The number of carbonyl (C=O) groups excluding carboxylic acids is 3. The maximum Gasteiger partial charge on any atom is 0.342 e. The Kier molecular flexibility index (Phi) is 5.48. The Morgan fingerprint density at radius 3 is 2.48 bits per heavy atom. The lowest BCUT2D eigenvalue weighted by atomic mass is 9.84. The maximum atomic E-state index is 13.1. The molecule has 4 aliphatic rings. The molecule has 0 radical (unpaired) electrons. The molecule has 0 aromatic heterocycles. The van der Waals surface area contributed by atoms with Crippen LogP contribution in [-0.4, -0.2) is 18.0 Å². The average Bonchev–Trinajstić information content (AvgIpc) is 2.92. The van der Waals surface area contributed by atoms with Gasteiger partial charge in [-0.05, 0) is 67.0 Å². The summed E-state index contributed by atoms with van der Waals surface area (Å²) in [5.41, 5.74) is 7.59. The number of Topliss-reactive ketones (excluding diaryl/α,β-unsaturated/α-hetero) is 1. The van der Waals surface area contributed by atoms with Gasteiger partial charge in [-0.3, -0.25) is 4.79 Å². The number of aldehydes is 1. The van der Waals surface area contributed by atoms with Gasteiger partial charge in [0.05, 0.1) is 5.92 Å². The molecule has 5 rings (SSSR count). The van der Waals surface area contributed by atoms with E-state index in [0.29, 0.717) is 12.7 Å². The molecule has 0 aliphatic heterocycles. The zero-order valence-corrected chi connectivity index (χ0v) is 18.3. The summed E-state index contributed by atoms with van der Waals surface area (Å²) in [4.78, 5) is 36.9. The van der Waals surface area contributed by atoms with Crippen molar-refractivity contribution in [2.75, 3.05) is 0 Å². The molecule has 0 heterocycles. The van der Waals surface area contributed by atoms with E-state index >= 15 is 0 Å². The summed E-state index contributed by atoms with van der Waals surface area (Å²) in [5.74, 6) is -1.94. The second-order valence-corrected chi connectivity index (χ2v) is 8.61. The molecule has 3 unspecified atom stereocenters. The number of benzene rings is 1. The van der Waals surface area contributed by atoms with Crippen LogP contribution in [0.4, 0.5) is 0 Å². The van der Waals surface area contributed by atoms with Crippen molar-refractivity contribution in [1.82, 2.24) is 0 Å². The lowest BCUT2D eigenvalue weighted by Gasteiger charge is -2.27. The minimum Gasteiger partial charge on any atom is -0.449 e. The van der Waals surface area contributed by atoms with Gasteiger partial charge < -0.3 is 9.53 Å². The largest absolute Gasteiger partial charge is 0.449 e. The molecule has 4 heteroatoms. The Hall–Kier alpha value is -3.27. The summed E-state index contributed by atoms with van der Waals surface area (Å²) in [6.07, 6.45) is 11.5. The summed E-state index contributed by atoms with van der Waals surface area (Å²) < 4.78 is 6.06. The second kappa shape index (κ2) is 8.10. The first kappa shape index (κ1) is 21.0. The number of hydrogen-bond donors (Lipinski definition) is 0. The Balaban J connectivity index is 1.78. The van der Waals surface area contributed by atoms with Gasteiger partial charge in [-0.2, -0.15) is 0 Å². The van der Waals surface area contributed by atoms with Gasteiger partial charge in [0.2, 0.25) is 0 Å². The number of ketones is 1. The van der Waals surface area contributed by atoms with Crippen molar-refractivity contribution < 1.29 is 19.1 Å². The van der Waals surface area contributed by atoms with Crippen molar-refractivity contribution in [3.05, 3.63) is 93.1 Å². The summed E-state index contributed by atoms with van der Waals surface area (Å²) >= 11 is 0. The summed E-state index contributed by atoms with van der Waals surface area (Å²) in [6.45, 7) is 8.27. The molecule has 0 spiro atoms. The van der Waals surface area contributed by atoms with Gasteiger partial charge in [0, 0.05) is 5.56 Å². The molecule has 31 heavy (non-hydrogen) atoms. The fraction of sp³-hybridized carbons (Fsp3) is 0.296. The van der Waals surface area contributed by atoms with Gasteiger partial charge >= 0.3 is 5.97 Å². The van der Waals surface area contributed by atoms with E-state index in [9.17, 15) is 14.4 Å². The highest BCUT2D eigenvalue weighted by atomic mass is 16.5. The smallest absolute Gasteiger partial charge is 0.342 e. The Labute approximate surface area is 182 Å². The second-order valence-electron chi connectivity index (χ2n) is 8.61. The molecule has 0 N–H and O–H groups in total. The van der Waals surface area contributed by atoms with E-state index in [2.05, 4.69) is 44.2 Å². The van der Waals surface area contributed by atoms with E-state index in [1.54, 1.807) is 6.08 Å². The molecular formula is C27H26O4. The van der Waals surface area contributed by atoms with Gasteiger partial charge in [0.25, 0.3) is 0 Å². The van der Waals surface area contributed by atoms with Crippen LogP contribution < -0.4 is 0 Å². The number of carbonyl (C=O) groups is 3. The topological polar surface area (TPSA) is 60.4 Å². The molecule has 3 atom stereocenters. The SMILES string of the molecule is CC1=CC(C)C(=C2Cc3cc(C)c(c(C)c3)C2OC(=O)C2=CC=CC(C=O)C2=O)C=C1. The number of ether oxygens (including phenoxy) is 1. The van der Waals surface area contributed by atoms with Crippen LogP contribution in [0.1, 0.15) is 42.2 Å². The standard InChI is InChI=1S/C27H26O4/c1-15-8-9-21(16(2)10-15)23-13-19-11-17(3)24(18(4)12-19)26(23)31-27(30)22-7-5-6-20(14-28)25(22)29/h5-12,14,16,20,26H,13H2,1-4H3. The van der Waals surface area contributed by atoms with E-state index in [1.165, 1.54) is 23.3 Å². The number of allylic oxidation sites excluding steroid dienone is 8. The molecule has 2 bridgehead atoms. The van der Waals surface area contributed by atoms with E-state index in [0.717, 1.165) is 27.8 Å². The van der Waals surface area contributed by atoms with Crippen molar-refractivity contribution in [3.8, 4) is 0 Å². The highest BCUT2D eigenvalue weighted by Crippen LogP contribution is 2.42. The normalized spacial score (nSPS) is 27.0. The van der Waals surface area contributed by atoms with Crippen molar-refractivity contribution in [2.24, 2.45) is 11.8 Å². The van der Waals surface area contributed by atoms with Crippen molar-refractivity contribution in [2.45, 2.75) is 40.2 Å². The van der Waals surface area contributed by atoms with Gasteiger partial charge in [-0.15, -0.1) is 0 Å². The van der Waals surface area contributed by atoms with Crippen molar-refractivity contribution >= 4 is 18.0 Å². The van der Waals surface area contributed by atoms with Crippen molar-refractivity contribution in [3.63, 3.8) is 0 Å². The fourth-order valence-corrected chi connectivity index (χ4v) is 4.83. The third-order valence-electron chi connectivity index (χ3n) is 6.27. The maximum absolute atomic E-state index is 13.1. The van der Waals surface area contributed by atoms with E-state index in [-0.39, 0.29) is 11.5 Å². The monoisotopic (exact) mass is 414 g/mol. The molecule has 0 fully saturated rings. The first-order valence-electron chi connectivity index (χ1n) is 10.6. The zero-order valence-electron chi connectivity index (χ0n) is 18.3. The van der Waals surface area contributed by atoms with E-state index < -0.39 is 23.8 Å². The van der Waals surface area contributed by atoms with Crippen LogP contribution in [0.2, 0.25) is 0 Å². The van der Waals surface area contributed by atoms with Gasteiger partial charge in [0.15, 0.2) is 5.78 Å². The lowest BCUT2D eigenvalue weighted by Crippen LogP contribution is -2.26. The number of fused-ring (bicyclic) bond motifs is 4. The fourth-order valence-electron chi connectivity index (χ4n) is 4.83. The minimum atomic E-state index is -0.934. The summed E-state index contributed by atoms with van der Waals surface area (Å²) in [5, 5.41) is 0. The van der Waals surface area contributed by atoms with Gasteiger partial charge in [-0.25, -0.2) is 4.79 Å². The third kappa shape index (κ3) is 3.78. The quantitative estimate of drug-likeness (QED) is 0.309. The molecule has 0 saturated heterocycles. The Morgan fingerprint density at radius 1 is 1.13 bits per heavy atom. The van der Waals surface area contributed by atoms with Gasteiger partial charge in [-0.1, -0.05) is 55.0 Å². The first-order valence-corrected chi connectivity index (χ1v) is 10.6. The van der Waals surface area contributed by atoms with Crippen LogP contribution in [-0.2, 0) is 25.5 Å². The molecule has 4 aliphatic carbocycles. The van der Waals surface area contributed by atoms with Gasteiger partial charge in [0.1, 0.15) is 18.0 Å². The number of esters is 1. The minimum absolute atomic E-state index is 0.0813. The molecule has 0 amide bonds. The van der Waals surface area contributed by atoms with Crippen LogP contribution in [0.5, 0.6) is 0 Å². The lowest BCUT2D eigenvalue weighted by molar-refractivity contribution is -0.144. The Bertz CT molecular complexity index is 1120. The molecule has 0 saturated carbocycles. The Morgan fingerprint density at radius 2 is 1.84 bits per heavy atom. The molecule has 4 nitrogen and oxygen atoms in total. The summed E-state index contributed by atoms with van der Waals surface area (Å²) in [7, 11) is 0. The van der Waals surface area contributed by atoms with Crippen molar-refractivity contribution in [1.29, 1.82) is 0 Å². The number of rotatable bonds is 3.